The number of thioether (sulfide) groups is 1. The Labute approximate surface area is 168 Å². The largest absolute Gasteiger partial charge is 0.287 e. The standard InChI is InChI=1S/C17H18N6OS3/c1-3-7-23-13(19-20-21-23)10-27-17-18-15-14(16(24)22(17)4-2)11(9-26-15)12-6-5-8-25-12/h5-6,8-9H,3-4,7,10H2,1-2H3. The predicted octanol–water partition coefficient (Wildman–Crippen LogP) is 3.90. The summed E-state index contributed by atoms with van der Waals surface area (Å²) in [6, 6.07) is 4.04. The first-order valence-corrected chi connectivity index (χ1v) is 11.4. The minimum absolute atomic E-state index is 0.0165. The fourth-order valence-electron chi connectivity index (χ4n) is 2.85. The number of aryl methyl sites for hydroxylation is 1. The molecule has 0 amide bonds. The van der Waals surface area contributed by atoms with Crippen molar-refractivity contribution in [2.45, 2.75) is 44.3 Å². The molecule has 0 saturated carbocycles. The Morgan fingerprint density at radius 2 is 2.15 bits per heavy atom. The Kier molecular flexibility index (Phi) is 5.37. The Morgan fingerprint density at radius 3 is 2.89 bits per heavy atom. The first-order chi connectivity index (χ1) is 13.2. The molecule has 4 rings (SSSR count). The van der Waals surface area contributed by atoms with Crippen LogP contribution >= 0.6 is 34.4 Å². The molecule has 0 saturated heterocycles. The van der Waals surface area contributed by atoms with Crippen LogP contribution in [0.1, 0.15) is 26.1 Å². The Bertz CT molecular complexity index is 1110. The molecule has 10 heteroatoms. The minimum atomic E-state index is 0.0165. The first-order valence-electron chi connectivity index (χ1n) is 8.66. The van der Waals surface area contributed by atoms with E-state index < -0.39 is 0 Å². The molecule has 4 heterocycles. The maximum atomic E-state index is 13.2. The molecule has 0 aliphatic carbocycles. The van der Waals surface area contributed by atoms with Gasteiger partial charge in [-0.3, -0.25) is 9.36 Å². The van der Waals surface area contributed by atoms with Crippen LogP contribution in [0, 0.1) is 0 Å². The molecule has 0 aliphatic heterocycles. The molecule has 0 fully saturated rings. The summed E-state index contributed by atoms with van der Waals surface area (Å²) in [7, 11) is 0. The predicted molar refractivity (Wildman–Crippen MR) is 111 cm³/mol. The van der Waals surface area contributed by atoms with Crippen LogP contribution in [0.15, 0.2) is 32.8 Å². The summed E-state index contributed by atoms with van der Waals surface area (Å²) in [5.74, 6) is 1.37. The van der Waals surface area contributed by atoms with E-state index in [0.29, 0.717) is 22.8 Å². The smallest absolute Gasteiger partial charge is 0.263 e. The zero-order chi connectivity index (χ0) is 18.8. The van der Waals surface area contributed by atoms with E-state index in [9.17, 15) is 4.79 Å². The first kappa shape index (κ1) is 18.3. The Hall–Kier alpha value is -2.04. The highest BCUT2D eigenvalue weighted by Crippen LogP contribution is 2.34. The van der Waals surface area contributed by atoms with Crippen LogP contribution < -0.4 is 5.56 Å². The van der Waals surface area contributed by atoms with Gasteiger partial charge >= 0.3 is 0 Å². The zero-order valence-corrected chi connectivity index (χ0v) is 17.4. The molecule has 0 aliphatic rings. The van der Waals surface area contributed by atoms with Crippen molar-refractivity contribution in [2.24, 2.45) is 0 Å². The summed E-state index contributed by atoms with van der Waals surface area (Å²) >= 11 is 4.66. The summed E-state index contributed by atoms with van der Waals surface area (Å²) in [5, 5.41) is 17.3. The fraction of sp³-hybridized carbons (Fsp3) is 0.353. The van der Waals surface area contributed by atoms with E-state index in [1.807, 2.05) is 29.8 Å². The molecule has 0 bridgehead atoms. The van der Waals surface area contributed by atoms with Gasteiger partial charge in [0, 0.05) is 28.9 Å². The summed E-state index contributed by atoms with van der Waals surface area (Å²) in [5.41, 5.74) is 0.996. The van der Waals surface area contributed by atoms with Crippen LogP contribution in [0.5, 0.6) is 0 Å². The average molecular weight is 419 g/mol. The molecule has 0 unspecified atom stereocenters. The van der Waals surface area contributed by atoms with E-state index in [4.69, 9.17) is 4.98 Å². The monoisotopic (exact) mass is 418 g/mol. The Balaban J connectivity index is 1.71. The van der Waals surface area contributed by atoms with E-state index in [1.54, 1.807) is 20.6 Å². The highest BCUT2D eigenvalue weighted by atomic mass is 32.2. The second-order valence-corrected chi connectivity index (χ2v) is 8.61. The number of thiophene rings is 2. The summed E-state index contributed by atoms with van der Waals surface area (Å²) in [4.78, 5) is 19.8. The van der Waals surface area contributed by atoms with Gasteiger partial charge in [-0.2, -0.15) is 0 Å². The van der Waals surface area contributed by atoms with Crippen molar-refractivity contribution in [1.29, 1.82) is 0 Å². The van der Waals surface area contributed by atoms with Gasteiger partial charge in [0.05, 0.1) is 11.1 Å². The summed E-state index contributed by atoms with van der Waals surface area (Å²) in [6.45, 7) is 5.41. The molecule has 0 radical (unpaired) electrons. The van der Waals surface area contributed by atoms with Gasteiger partial charge < -0.3 is 0 Å². The van der Waals surface area contributed by atoms with Crippen LogP contribution in [-0.2, 0) is 18.8 Å². The molecule has 0 aromatic carbocycles. The van der Waals surface area contributed by atoms with Crippen molar-refractivity contribution in [3.05, 3.63) is 39.1 Å². The van der Waals surface area contributed by atoms with Gasteiger partial charge in [-0.05, 0) is 35.2 Å². The van der Waals surface area contributed by atoms with Gasteiger partial charge in [0.25, 0.3) is 5.56 Å². The maximum absolute atomic E-state index is 13.2. The van der Waals surface area contributed by atoms with Crippen LogP contribution in [0.3, 0.4) is 0 Å². The molecule has 140 valence electrons. The quantitative estimate of drug-likeness (QED) is 0.335. The van der Waals surface area contributed by atoms with Gasteiger partial charge in [-0.15, -0.1) is 27.8 Å². The van der Waals surface area contributed by atoms with Gasteiger partial charge in [0.15, 0.2) is 11.0 Å². The number of aromatic nitrogens is 6. The highest BCUT2D eigenvalue weighted by Gasteiger charge is 2.18. The van der Waals surface area contributed by atoms with Crippen LogP contribution in [0.2, 0.25) is 0 Å². The average Bonchev–Trinajstić information content (AvgIpc) is 3.41. The lowest BCUT2D eigenvalue weighted by Gasteiger charge is -2.10. The number of fused-ring (bicyclic) bond motifs is 1. The maximum Gasteiger partial charge on any atom is 0.263 e. The normalized spacial score (nSPS) is 11.5. The number of hydrogen-bond donors (Lipinski definition) is 0. The molecule has 0 spiro atoms. The second-order valence-electron chi connectivity index (χ2n) is 5.86. The number of tetrazole rings is 1. The summed E-state index contributed by atoms with van der Waals surface area (Å²) < 4.78 is 3.55. The van der Waals surface area contributed by atoms with E-state index in [2.05, 4.69) is 22.4 Å². The minimum Gasteiger partial charge on any atom is -0.287 e. The Morgan fingerprint density at radius 1 is 1.26 bits per heavy atom. The van der Waals surface area contributed by atoms with E-state index in [1.165, 1.54) is 23.1 Å². The van der Waals surface area contributed by atoms with E-state index in [-0.39, 0.29) is 5.56 Å². The van der Waals surface area contributed by atoms with Gasteiger partial charge in [0.1, 0.15) is 4.83 Å². The van der Waals surface area contributed by atoms with Gasteiger partial charge in [0.2, 0.25) is 0 Å². The lowest BCUT2D eigenvalue weighted by molar-refractivity contribution is 0.564. The summed E-state index contributed by atoms with van der Waals surface area (Å²) in [6.07, 6.45) is 0.966. The lowest BCUT2D eigenvalue weighted by Crippen LogP contribution is -2.22. The van der Waals surface area contributed by atoms with Crippen LogP contribution in [0.25, 0.3) is 20.7 Å². The molecule has 0 N–H and O–H groups in total. The fourth-order valence-corrected chi connectivity index (χ4v) is 5.65. The molecule has 27 heavy (non-hydrogen) atoms. The molecular formula is C17H18N6OS3. The van der Waals surface area contributed by atoms with Crippen molar-refractivity contribution in [3.63, 3.8) is 0 Å². The van der Waals surface area contributed by atoms with Crippen LogP contribution in [-0.4, -0.2) is 29.8 Å². The topological polar surface area (TPSA) is 78.5 Å². The molecule has 4 aromatic rings. The van der Waals surface area contributed by atoms with Crippen molar-refractivity contribution in [3.8, 4) is 10.4 Å². The van der Waals surface area contributed by atoms with Crippen molar-refractivity contribution >= 4 is 44.7 Å². The molecule has 0 atom stereocenters. The molecule has 7 nitrogen and oxygen atoms in total. The third kappa shape index (κ3) is 3.44. The van der Waals surface area contributed by atoms with Crippen molar-refractivity contribution in [2.75, 3.05) is 0 Å². The highest BCUT2D eigenvalue weighted by molar-refractivity contribution is 7.98. The van der Waals surface area contributed by atoms with E-state index in [0.717, 1.165) is 34.1 Å². The lowest BCUT2D eigenvalue weighted by atomic mass is 10.2. The zero-order valence-electron chi connectivity index (χ0n) is 15.0. The van der Waals surface area contributed by atoms with Crippen molar-refractivity contribution < 1.29 is 0 Å². The number of rotatable bonds is 7. The van der Waals surface area contributed by atoms with Gasteiger partial charge in [-0.1, -0.05) is 24.8 Å². The molecule has 4 aromatic heterocycles. The van der Waals surface area contributed by atoms with Gasteiger partial charge in [-0.25, -0.2) is 9.67 Å². The third-order valence-corrected chi connectivity index (χ3v) is 6.88. The SMILES string of the molecule is CCCn1nnnc1CSc1nc2scc(-c3cccs3)c2c(=O)n1CC. The number of hydrogen-bond acceptors (Lipinski definition) is 8. The third-order valence-electron chi connectivity index (χ3n) is 4.13. The molecular weight excluding hydrogens is 400 g/mol. The number of nitrogens with zero attached hydrogens (tertiary/aromatic N) is 6. The van der Waals surface area contributed by atoms with E-state index >= 15 is 0 Å². The van der Waals surface area contributed by atoms with Crippen LogP contribution in [0.4, 0.5) is 0 Å². The van der Waals surface area contributed by atoms with Crippen molar-refractivity contribution in [1.82, 2.24) is 29.8 Å². The second kappa shape index (κ2) is 7.91.